The Morgan fingerprint density at radius 2 is 2.00 bits per heavy atom. The minimum Gasteiger partial charge on any atom is -0.481 e. The van der Waals surface area contributed by atoms with Crippen LogP contribution in [0.5, 0.6) is 0 Å². The summed E-state index contributed by atoms with van der Waals surface area (Å²) in [5.41, 5.74) is 0.819. The number of carbonyl (C=O) groups is 2. The van der Waals surface area contributed by atoms with E-state index in [-0.39, 0.29) is 34.3 Å². The molecule has 1 aromatic heterocycles. The molecule has 0 unspecified atom stereocenters. The Hall–Kier alpha value is -2.68. The van der Waals surface area contributed by atoms with Crippen molar-refractivity contribution in [2.75, 3.05) is 37.7 Å². The second-order valence-electron chi connectivity index (χ2n) is 7.38. The van der Waals surface area contributed by atoms with Crippen LogP contribution in [0.2, 0.25) is 0 Å². The summed E-state index contributed by atoms with van der Waals surface area (Å²) in [6.45, 7) is 6.26. The molecular weight excluding hydrogens is 452 g/mol. The van der Waals surface area contributed by atoms with E-state index in [0.717, 1.165) is 11.8 Å². The molecule has 0 spiro atoms. The third-order valence-corrected chi connectivity index (χ3v) is 6.68. The van der Waals surface area contributed by atoms with Crippen LogP contribution in [-0.2, 0) is 20.9 Å². The summed E-state index contributed by atoms with van der Waals surface area (Å²) in [5.74, 6) is -0.730. The van der Waals surface area contributed by atoms with Crippen molar-refractivity contribution >= 4 is 52.1 Å². The molecule has 0 saturated carbocycles. The Morgan fingerprint density at radius 1 is 1.31 bits per heavy atom. The molecule has 1 aromatic rings. The van der Waals surface area contributed by atoms with Crippen molar-refractivity contribution < 1.29 is 19.4 Å². The zero-order valence-electron chi connectivity index (χ0n) is 17.9. The number of carbonyl (C=O) groups excluding carboxylic acids is 1. The van der Waals surface area contributed by atoms with E-state index in [2.05, 4.69) is 0 Å². The molecule has 0 radical (unpaired) electrons. The number of nitrogens with zero attached hydrogens (tertiary/aromatic N) is 4. The molecule has 0 aliphatic carbocycles. The fourth-order valence-corrected chi connectivity index (χ4v) is 5.01. The molecular formula is C21H24N4O5S2. The van der Waals surface area contributed by atoms with Crippen molar-refractivity contribution in [3.05, 3.63) is 31.9 Å². The van der Waals surface area contributed by atoms with Gasteiger partial charge in [-0.2, -0.15) is 5.26 Å². The highest BCUT2D eigenvalue weighted by Crippen LogP contribution is 2.36. The minimum absolute atomic E-state index is 0.00851. The van der Waals surface area contributed by atoms with Crippen molar-refractivity contribution in [1.29, 1.82) is 5.26 Å². The smallest absolute Gasteiger partial charge is 0.305 e. The summed E-state index contributed by atoms with van der Waals surface area (Å²) in [6, 6.07) is 2.02. The van der Waals surface area contributed by atoms with Gasteiger partial charge in [-0.15, -0.1) is 0 Å². The number of aromatic nitrogens is 1. The SMILES string of the molecule is CCCn1c(N2CCOCC2)c(/C=C2\SC(=S)N(CCC(=O)O)C2=O)c(C)c(C#N)c1=O. The van der Waals surface area contributed by atoms with Gasteiger partial charge in [-0.05, 0) is 25.0 Å². The van der Waals surface area contributed by atoms with Crippen LogP contribution in [-0.4, -0.2) is 63.6 Å². The molecule has 2 aliphatic heterocycles. The molecule has 170 valence electrons. The molecule has 11 heteroatoms. The molecule has 0 aromatic carbocycles. The predicted molar refractivity (Wildman–Crippen MR) is 126 cm³/mol. The molecule has 32 heavy (non-hydrogen) atoms. The highest BCUT2D eigenvalue weighted by Gasteiger charge is 2.33. The zero-order chi connectivity index (χ0) is 23.4. The van der Waals surface area contributed by atoms with Crippen LogP contribution in [0.3, 0.4) is 0 Å². The standard InChI is InChI=1S/C21H24N4O5S2/c1-3-5-24-18(23-7-9-30-10-8-23)14(13(2)15(12-22)19(24)28)11-16-20(29)25(21(31)32-16)6-4-17(26)27/h11H,3-10H2,1-2H3,(H,26,27)/b16-11-. The van der Waals surface area contributed by atoms with Crippen LogP contribution in [0.4, 0.5) is 5.82 Å². The summed E-state index contributed by atoms with van der Waals surface area (Å²) in [7, 11) is 0. The number of thiocarbonyl (C=S) groups is 1. The van der Waals surface area contributed by atoms with Gasteiger partial charge in [0.1, 0.15) is 21.8 Å². The van der Waals surface area contributed by atoms with Crippen molar-refractivity contribution in [2.24, 2.45) is 0 Å². The van der Waals surface area contributed by atoms with Crippen molar-refractivity contribution in [1.82, 2.24) is 9.47 Å². The minimum atomic E-state index is -1.02. The lowest BCUT2D eigenvalue weighted by atomic mass is 10.0. The lowest BCUT2D eigenvalue weighted by Gasteiger charge is -2.33. The quantitative estimate of drug-likeness (QED) is 0.466. The van der Waals surface area contributed by atoms with Gasteiger partial charge < -0.3 is 14.7 Å². The Kier molecular flexibility index (Phi) is 7.71. The van der Waals surface area contributed by atoms with Crippen LogP contribution < -0.4 is 10.5 Å². The number of pyridine rings is 1. The van der Waals surface area contributed by atoms with Gasteiger partial charge in [-0.3, -0.25) is 23.9 Å². The molecule has 1 N–H and O–H groups in total. The summed E-state index contributed by atoms with van der Waals surface area (Å²) in [6.07, 6.45) is 2.16. The molecule has 2 saturated heterocycles. The number of hydrogen-bond donors (Lipinski definition) is 1. The molecule has 2 fully saturated rings. The first-order chi connectivity index (χ1) is 15.3. The number of ether oxygens (including phenoxy) is 1. The number of amides is 1. The number of thioether (sulfide) groups is 1. The lowest BCUT2D eigenvalue weighted by molar-refractivity contribution is -0.137. The summed E-state index contributed by atoms with van der Waals surface area (Å²) in [5, 5.41) is 18.6. The lowest BCUT2D eigenvalue weighted by Crippen LogP contribution is -2.41. The second-order valence-corrected chi connectivity index (χ2v) is 9.06. The van der Waals surface area contributed by atoms with Crippen molar-refractivity contribution in [3.8, 4) is 6.07 Å². The van der Waals surface area contributed by atoms with Crippen molar-refractivity contribution in [2.45, 2.75) is 33.2 Å². The number of rotatable bonds is 7. The molecule has 0 atom stereocenters. The van der Waals surface area contributed by atoms with E-state index >= 15 is 0 Å². The summed E-state index contributed by atoms with van der Waals surface area (Å²) in [4.78, 5) is 40.6. The van der Waals surface area contributed by atoms with Gasteiger partial charge in [0.05, 0.1) is 24.5 Å². The number of nitriles is 1. The van der Waals surface area contributed by atoms with E-state index in [9.17, 15) is 19.6 Å². The zero-order valence-corrected chi connectivity index (χ0v) is 19.6. The maximum Gasteiger partial charge on any atom is 0.305 e. The largest absolute Gasteiger partial charge is 0.481 e. The van der Waals surface area contributed by atoms with Gasteiger partial charge in [0.2, 0.25) is 0 Å². The van der Waals surface area contributed by atoms with Crippen LogP contribution >= 0.6 is 24.0 Å². The van der Waals surface area contributed by atoms with E-state index in [1.165, 1.54) is 4.90 Å². The number of hydrogen-bond acceptors (Lipinski definition) is 8. The van der Waals surface area contributed by atoms with E-state index < -0.39 is 5.97 Å². The van der Waals surface area contributed by atoms with Gasteiger partial charge in [0, 0.05) is 31.7 Å². The Bertz CT molecular complexity index is 1080. The molecule has 3 heterocycles. The van der Waals surface area contributed by atoms with Crippen LogP contribution in [0.1, 0.15) is 36.5 Å². The Morgan fingerprint density at radius 3 is 2.59 bits per heavy atom. The number of aliphatic carboxylic acids is 1. The topological polar surface area (TPSA) is 116 Å². The monoisotopic (exact) mass is 476 g/mol. The maximum atomic E-state index is 13.1. The average molecular weight is 477 g/mol. The first-order valence-corrected chi connectivity index (χ1v) is 11.5. The highest BCUT2D eigenvalue weighted by molar-refractivity contribution is 8.26. The fourth-order valence-electron chi connectivity index (χ4n) is 3.72. The Labute approximate surface area is 195 Å². The van der Waals surface area contributed by atoms with Gasteiger partial charge in [-0.25, -0.2) is 0 Å². The average Bonchev–Trinajstić information content (AvgIpc) is 3.03. The first kappa shape index (κ1) is 24.0. The van der Waals surface area contributed by atoms with E-state index in [4.69, 9.17) is 22.1 Å². The Balaban J connectivity index is 2.16. The first-order valence-electron chi connectivity index (χ1n) is 10.3. The highest BCUT2D eigenvalue weighted by atomic mass is 32.2. The van der Waals surface area contributed by atoms with Gasteiger partial charge in [0.15, 0.2) is 0 Å². The van der Waals surface area contributed by atoms with Gasteiger partial charge in [-0.1, -0.05) is 30.9 Å². The molecule has 0 bridgehead atoms. The normalized spacial score (nSPS) is 17.8. The van der Waals surface area contributed by atoms with E-state index in [0.29, 0.717) is 61.1 Å². The molecule has 1 amide bonds. The third-order valence-electron chi connectivity index (χ3n) is 5.30. The summed E-state index contributed by atoms with van der Waals surface area (Å²) < 4.78 is 7.36. The van der Waals surface area contributed by atoms with E-state index in [1.807, 2.05) is 17.9 Å². The van der Waals surface area contributed by atoms with Crippen molar-refractivity contribution in [3.63, 3.8) is 0 Å². The fraction of sp³-hybridized carbons (Fsp3) is 0.476. The number of carboxylic acid groups (broad SMARTS) is 1. The van der Waals surface area contributed by atoms with Crippen LogP contribution in [0.15, 0.2) is 9.70 Å². The third kappa shape index (κ3) is 4.72. The maximum absolute atomic E-state index is 13.1. The number of anilines is 1. The second kappa shape index (κ2) is 10.3. The molecule has 2 aliphatic rings. The molecule has 9 nitrogen and oxygen atoms in total. The number of morpholine rings is 1. The van der Waals surface area contributed by atoms with Crippen LogP contribution in [0.25, 0.3) is 6.08 Å². The summed E-state index contributed by atoms with van der Waals surface area (Å²) >= 11 is 6.38. The molecule has 3 rings (SSSR count). The van der Waals surface area contributed by atoms with Gasteiger partial charge in [0.25, 0.3) is 11.5 Å². The predicted octanol–water partition coefficient (Wildman–Crippen LogP) is 1.95. The van der Waals surface area contributed by atoms with Crippen LogP contribution in [0, 0.1) is 18.3 Å². The van der Waals surface area contributed by atoms with E-state index in [1.54, 1.807) is 17.6 Å². The number of carboxylic acids is 1. The van der Waals surface area contributed by atoms with Gasteiger partial charge >= 0.3 is 5.97 Å².